The van der Waals surface area contributed by atoms with Crippen molar-refractivity contribution in [3.63, 3.8) is 0 Å². The molecule has 0 saturated carbocycles. The molecule has 27 heavy (non-hydrogen) atoms. The Bertz CT molecular complexity index is 934. The zero-order chi connectivity index (χ0) is 19.2. The predicted molar refractivity (Wildman–Crippen MR) is 106 cm³/mol. The van der Waals surface area contributed by atoms with Crippen molar-refractivity contribution < 1.29 is 18.9 Å². The lowest BCUT2D eigenvalue weighted by Gasteiger charge is -2.08. The molecule has 0 aliphatic rings. The molecule has 0 atom stereocenters. The molecule has 0 aliphatic carbocycles. The van der Waals surface area contributed by atoms with Crippen molar-refractivity contribution in [1.82, 2.24) is 0 Å². The molecular formula is C21H21N2O3S+. The molecule has 1 N–H and O–H groups in total. The second-order valence-electron chi connectivity index (χ2n) is 6.04. The Balaban J connectivity index is 1.86. The van der Waals surface area contributed by atoms with Gasteiger partial charge in [0, 0.05) is 23.1 Å². The highest BCUT2D eigenvalue weighted by molar-refractivity contribution is 7.15. The summed E-state index contributed by atoms with van der Waals surface area (Å²) in [5.41, 5.74) is 3.19. The lowest BCUT2D eigenvalue weighted by Crippen LogP contribution is -2.39. The molecule has 1 amide bonds. The number of hydrogen-bond donors (Lipinski definition) is 1. The van der Waals surface area contributed by atoms with Crippen LogP contribution in [0.3, 0.4) is 0 Å². The Morgan fingerprint density at radius 1 is 1.11 bits per heavy atom. The van der Waals surface area contributed by atoms with Crippen molar-refractivity contribution in [2.24, 2.45) is 0 Å². The zero-order valence-electron chi connectivity index (χ0n) is 15.3. The van der Waals surface area contributed by atoms with E-state index in [0.29, 0.717) is 10.6 Å². The Labute approximate surface area is 162 Å². The van der Waals surface area contributed by atoms with E-state index in [1.54, 1.807) is 11.5 Å². The normalized spacial score (nSPS) is 10.4. The highest BCUT2D eigenvalue weighted by Crippen LogP contribution is 2.36. The van der Waals surface area contributed by atoms with Gasteiger partial charge in [-0.15, -0.1) is 11.3 Å². The van der Waals surface area contributed by atoms with Gasteiger partial charge in [0.05, 0.1) is 6.61 Å². The van der Waals surface area contributed by atoms with Crippen LogP contribution in [0.5, 0.6) is 0 Å². The number of nitrogens with zero attached hydrogens (tertiary/aromatic N) is 1. The van der Waals surface area contributed by atoms with Gasteiger partial charge in [0.25, 0.3) is 5.91 Å². The summed E-state index contributed by atoms with van der Waals surface area (Å²) in [5.74, 6) is -0.633. The minimum Gasteiger partial charge on any atom is -0.462 e. The standard InChI is InChI=1S/C21H20N2O3S/c1-3-26-21(25)19-17(16-7-5-4-6-8-16)14-27-20(19)22-18(24)13-23-11-9-15(2)10-12-23/h4-12,14H,3,13H2,1-2H3/p+1. The van der Waals surface area contributed by atoms with Crippen LogP contribution in [0.1, 0.15) is 22.8 Å². The molecule has 0 aliphatic heterocycles. The summed E-state index contributed by atoms with van der Waals surface area (Å²) in [7, 11) is 0. The van der Waals surface area contributed by atoms with E-state index in [1.807, 2.05) is 67.2 Å². The smallest absolute Gasteiger partial charge is 0.341 e. The second kappa shape index (κ2) is 8.60. The Morgan fingerprint density at radius 3 is 2.48 bits per heavy atom. The molecule has 2 aromatic heterocycles. The fourth-order valence-corrected chi connectivity index (χ4v) is 3.63. The number of hydrogen-bond acceptors (Lipinski definition) is 4. The number of esters is 1. The number of benzene rings is 1. The molecule has 6 heteroatoms. The lowest BCUT2D eigenvalue weighted by molar-refractivity contribution is -0.684. The van der Waals surface area contributed by atoms with Gasteiger partial charge in [-0.3, -0.25) is 4.79 Å². The summed E-state index contributed by atoms with van der Waals surface area (Å²) in [5, 5.41) is 5.24. The highest BCUT2D eigenvalue weighted by Gasteiger charge is 2.23. The number of ether oxygens (including phenoxy) is 1. The largest absolute Gasteiger partial charge is 0.462 e. The first-order valence-electron chi connectivity index (χ1n) is 8.68. The molecule has 0 unspecified atom stereocenters. The average Bonchev–Trinajstić information content (AvgIpc) is 3.08. The van der Waals surface area contributed by atoms with Crippen LogP contribution in [0.4, 0.5) is 5.00 Å². The number of anilines is 1. The SMILES string of the molecule is CCOC(=O)c1c(-c2ccccc2)csc1NC(=O)C[n+]1ccc(C)cc1. The van der Waals surface area contributed by atoms with Crippen LogP contribution in [0.15, 0.2) is 60.2 Å². The Hall–Kier alpha value is -2.99. The number of carbonyl (C=O) groups excluding carboxylic acids is 2. The summed E-state index contributed by atoms with van der Waals surface area (Å²) < 4.78 is 7.00. The van der Waals surface area contributed by atoms with Gasteiger partial charge in [0.2, 0.25) is 6.54 Å². The van der Waals surface area contributed by atoms with Gasteiger partial charge in [0.15, 0.2) is 12.4 Å². The first-order valence-corrected chi connectivity index (χ1v) is 9.56. The highest BCUT2D eigenvalue weighted by atomic mass is 32.1. The Morgan fingerprint density at radius 2 is 1.81 bits per heavy atom. The van der Waals surface area contributed by atoms with E-state index in [4.69, 9.17) is 4.74 Å². The maximum atomic E-state index is 12.5. The van der Waals surface area contributed by atoms with Crippen LogP contribution in [0.25, 0.3) is 11.1 Å². The number of amides is 1. The van der Waals surface area contributed by atoms with Gasteiger partial charge in [-0.25, -0.2) is 4.79 Å². The molecular weight excluding hydrogens is 360 g/mol. The first kappa shape index (κ1) is 18.8. The minimum atomic E-state index is -0.434. The Kier molecular flexibility index (Phi) is 5.98. The van der Waals surface area contributed by atoms with Crippen LogP contribution in [-0.4, -0.2) is 18.5 Å². The average molecular weight is 381 g/mol. The molecule has 1 aromatic carbocycles. The maximum Gasteiger partial charge on any atom is 0.341 e. The molecule has 0 radical (unpaired) electrons. The first-order chi connectivity index (χ1) is 13.1. The fourth-order valence-electron chi connectivity index (χ4n) is 2.66. The molecule has 0 saturated heterocycles. The summed E-state index contributed by atoms with van der Waals surface area (Å²) >= 11 is 1.32. The summed E-state index contributed by atoms with van der Waals surface area (Å²) in [4.78, 5) is 25.0. The third-order valence-corrected chi connectivity index (χ3v) is 4.89. The van der Waals surface area contributed by atoms with E-state index in [1.165, 1.54) is 11.3 Å². The fraction of sp³-hybridized carbons (Fsp3) is 0.190. The van der Waals surface area contributed by atoms with Gasteiger partial charge < -0.3 is 10.1 Å². The summed E-state index contributed by atoms with van der Waals surface area (Å²) in [6.45, 7) is 4.20. The topological polar surface area (TPSA) is 59.3 Å². The van der Waals surface area contributed by atoms with Crippen LogP contribution >= 0.6 is 11.3 Å². The van der Waals surface area contributed by atoms with Gasteiger partial charge in [0.1, 0.15) is 10.6 Å². The quantitative estimate of drug-likeness (QED) is 0.521. The van der Waals surface area contributed by atoms with Crippen molar-refractivity contribution in [3.05, 3.63) is 71.4 Å². The number of pyridine rings is 1. The molecule has 2 heterocycles. The van der Waals surface area contributed by atoms with Crippen LogP contribution in [0, 0.1) is 6.92 Å². The molecule has 5 nitrogen and oxygen atoms in total. The van der Waals surface area contributed by atoms with E-state index in [-0.39, 0.29) is 19.1 Å². The van der Waals surface area contributed by atoms with E-state index in [2.05, 4.69) is 5.32 Å². The van der Waals surface area contributed by atoms with Crippen LogP contribution in [-0.2, 0) is 16.1 Å². The molecule has 0 fully saturated rings. The molecule has 0 spiro atoms. The number of aromatic nitrogens is 1. The van der Waals surface area contributed by atoms with Gasteiger partial charge >= 0.3 is 5.97 Å². The lowest BCUT2D eigenvalue weighted by atomic mass is 10.0. The van der Waals surface area contributed by atoms with Crippen LogP contribution in [0.2, 0.25) is 0 Å². The second-order valence-corrected chi connectivity index (χ2v) is 6.92. The minimum absolute atomic E-state index is 0.168. The third-order valence-electron chi connectivity index (χ3n) is 3.99. The van der Waals surface area contributed by atoms with Crippen molar-refractivity contribution in [2.75, 3.05) is 11.9 Å². The third kappa shape index (κ3) is 4.60. The van der Waals surface area contributed by atoms with Crippen molar-refractivity contribution in [1.29, 1.82) is 0 Å². The van der Waals surface area contributed by atoms with E-state index >= 15 is 0 Å². The van der Waals surface area contributed by atoms with Gasteiger partial charge in [-0.1, -0.05) is 30.3 Å². The van der Waals surface area contributed by atoms with Crippen molar-refractivity contribution in [2.45, 2.75) is 20.4 Å². The number of aryl methyl sites for hydroxylation is 1. The number of thiophene rings is 1. The summed E-state index contributed by atoms with van der Waals surface area (Å²) in [6, 6.07) is 13.5. The number of nitrogens with one attached hydrogen (secondary N) is 1. The molecule has 138 valence electrons. The number of rotatable bonds is 6. The maximum absolute atomic E-state index is 12.5. The number of carbonyl (C=O) groups is 2. The van der Waals surface area contributed by atoms with Crippen molar-refractivity contribution in [3.8, 4) is 11.1 Å². The molecule has 3 aromatic rings. The van der Waals surface area contributed by atoms with E-state index in [9.17, 15) is 9.59 Å². The van der Waals surface area contributed by atoms with Crippen molar-refractivity contribution >= 4 is 28.2 Å². The summed E-state index contributed by atoms with van der Waals surface area (Å²) in [6.07, 6.45) is 3.70. The van der Waals surface area contributed by atoms with Gasteiger partial charge in [-0.05, 0) is 25.0 Å². The monoisotopic (exact) mass is 381 g/mol. The van der Waals surface area contributed by atoms with Gasteiger partial charge in [-0.2, -0.15) is 4.57 Å². The van der Waals surface area contributed by atoms with E-state index in [0.717, 1.165) is 16.7 Å². The van der Waals surface area contributed by atoms with Crippen LogP contribution < -0.4 is 9.88 Å². The predicted octanol–water partition coefficient (Wildman–Crippen LogP) is 3.83. The zero-order valence-corrected chi connectivity index (χ0v) is 16.1. The molecule has 3 rings (SSSR count). The molecule has 0 bridgehead atoms. The van der Waals surface area contributed by atoms with E-state index < -0.39 is 5.97 Å².